The zero-order valence-corrected chi connectivity index (χ0v) is 22.7. The fourth-order valence-electron chi connectivity index (χ4n) is 4.26. The fraction of sp³-hybridized carbons (Fsp3) is 0.259. The summed E-state index contributed by atoms with van der Waals surface area (Å²) in [5.74, 6) is 1.38. The Morgan fingerprint density at radius 2 is 1.43 bits per heavy atom. The molecule has 1 unspecified atom stereocenters. The van der Waals surface area contributed by atoms with Crippen LogP contribution in [0.4, 0.5) is 0 Å². The molecule has 7 nitrogen and oxygen atoms in total. The number of para-hydroxylation sites is 4. The van der Waals surface area contributed by atoms with E-state index in [9.17, 15) is 0 Å². The lowest BCUT2D eigenvalue weighted by molar-refractivity contribution is -0.113. The smallest absolute Gasteiger partial charge is 0.140 e. The van der Waals surface area contributed by atoms with Crippen molar-refractivity contribution in [1.82, 2.24) is 19.9 Å². The predicted molar refractivity (Wildman–Crippen MR) is 153 cm³/mol. The Kier molecular flexibility index (Phi) is 9.85. The van der Waals surface area contributed by atoms with Crippen molar-refractivity contribution in [1.29, 1.82) is 0 Å². The van der Waals surface area contributed by atoms with Gasteiger partial charge in [0.05, 0.1) is 38.2 Å². The highest BCUT2D eigenvalue weighted by atomic mass is 35.5. The van der Waals surface area contributed by atoms with Crippen LogP contribution in [0.25, 0.3) is 44.8 Å². The monoisotopic (exact) mass is 558 g/mol. The largest absolute Gasteiger partial charge is 0.378 e. The Morgan fingerprint density at radius 1 is 0.946 bits per heavy atom. The Labute approximate surface area is 230 Å². The molecule has 1 aliphatic heterocycles. The van der Waals surface area contributed by atoms with Gasteiger partial charge in [0, 0.05) is 30.6 Å². The van der Waals surface area contributed by atoms with Crippen LogP contribution in [-0.2, 0) is 9.07 Å². The van der Waals surface area contributed by atoms with Gasteiger partial charge in [-0.2, -0.15) is 4.33 Å². The van der Waals surface area contributed by atoms with E-state index in [4.69, 9.17) is 33.2 Å². The Hall–Kier alpha value is -2.59. The van der Waals surface area contributed by atoms with Crippen molar-refractivity contribution < 1.29 is 14.3 Å². The van der Waals surface area contributed by atoms with Crippen LogP contribution in [0, 0.1) is 0 Å². The lowest BCUT2D eigenvalue weighted by Gasteiger charge is -2.06. The van der Waals surface area contributed by atoms with Gasteiger partial charge in [0.25, 0.3) is 0 Å². The second kappa shape index (κ2) is 13.3. The number of aromatic nitrogens is 4. The third kappa shape index (κ3) is 6.84. The second-order valence-electron chi connectivity index (χ2n) is 8.52. The number of aromatic amines is 2. The zero-order chi connectivity index (χ0) is 26.2. The molecule has 10 heteroatoms. The van der Waals surface area contributed by atoms with Gasteiger partial charge in [0.15, 0.2) is 0 Å². The van der Waals surface area contributed by atoms with Crippen LogP contribution in [0.5, 0.6) is 0 Å². The molecule has 1 aliphatic rings. The Morgan fingerprint density at radius 3 is 1.84 bits per heavy atom. The van der Waals surface area contributed by atoms with Gasteiger partial charge in [0.2, 0.25) is 0 Å². The number of H-pyrrole nitrogens is 2. The molecule has 194 valence electrons. The van der Waals surface area contributed by atoms with Gasteiger partial charge in [-0.15, -0.1) is 0 Å². The SMILES string of the molecule is CCCC1CCCO1.Clc1cc(-c2nc3ccccc3[nH]2)c(Cl)cc1-c1nc2ccccc2[nH]1.OOS. The van der Waals surface area contributed by atoms with Crippen LogP contribution in [0.3, 0.4) is 0 Å². The number of benzene rings is 3. The van der Waals surface area contributed by atoms with Crippen molar-refractivity contribution in [3.05, 3.63) is 70.7 Å². The van der Waals surface area contributed by atoms with E-state index in [-0.39, 0.29) is 0 Å². The van der Waals surface area contributed by atoms with E-state index in [1.807, 2.05) is 60.7 Å². The third-order valence-corrected chi connectivity index (χ3v) is 6.61. The molecule has 2 aromatic heterocycles. The molecule has 0 spiro atoms. The van der Waals surface area contributed by atoms with Gasteiger partial charge in [-0.05, 0) is 55.7 Å². The first-order valence-corrected chi connectivity index (χ1v) is 13.1. The van der Waals surface area contributed by atoms with Crippen molar-refractivity contribution in [2.75, 3.05) is 6.61 Å². The highest BCUT2D eigenvalue weighted by Crippen LogP contribution is 2.37. The van der Waals surface area contributed by atoms with Crippen molar-refractivity contribution >= 4 is 58.2 Å². The standard InChI is InChI=1S/C20H12Cl2N4.C7H14O.H2O2S/c21-13-10-12(20-25-17-7-3-4-8-18(17)26-20)14(22)9-11(13)19-23-15-5-1-2-6-16(15)24-19;1-2-4-7-5-3-6-8-7;1-2-3/h1-10H,(H,23,24)(H,25,26);7H,2-6H2,1H3;1,3H. The first-order chi connectivity index (χ1) is 18.0. The predicted octanol–water partition coefficient (Wildman–Crippen LogP) is 8.37. The lowest BCUT2D eigenvalue weighted by Crippen LogP contribution is -2.02. The molecule has 6 rings (SSSR count). The van der Waals surface area contributed by atoms with Crippen molar-refractivity contribution in [3.8, 4) is 22.8 Å². The maximum Gasteiger partial charge on any atom is 0.140 e. The topological polar surface area (TPSA) is 96.1 Å². The van der Waals surface area contributed by atoms with Crippen molar-refractivity contribution in [3.63, 3.8) is 0 Å². The molecular weight excluding hydrogens is 531 g/mol. The molecule has 0 bridgehead atoms. The van der Waals surface area contributed by atoms with Gasteiger partial charge in [-0.25, -0.2) is 15.2 Å². The highest BCUT2D eigenvalue weighted by Gasteiger charge is 2.16. The van der Waals surface area contributed by atoms with E-state index in [1.54, 1.807) is 0 Å². The summed E-state index contributed by atoms with van der Waals surface area (Å²) in [5.41, 5.74) is 5.19. The minimum absolute atomic E-state index is 0.559. The summed E-state index contributed by atoms with van der Waals surface area (Å²) in [7, 11) is 0. The van der Waals surface area contributed by atoms with E-state index in [0.717, 1.165) is 39.8 Å². The quantitative estimate of drug-likeness (QED) is 0.0768. The molecule has 3 N–H and O–H groups in total. The van der Waals surface area contributed by atoms with Crippen LogP contribution < -0.4 is 0 Å². The molecule has 0 aliphatic carbocycles. The molecule has 5 aromatic rings. The maximum absolute atomic E-state index is 6.93. The third-order valence-electron chi connectivity index (χ3n) is 5.98. The summed E-state index contributed by atoms with van der Waals surface area (Å²) in [5, 5.41) is 8.05. The summed E-state index contributed by atoms with van der Waals surface area (Å²) in [6.07, 6.45) is 5.73. The minimum Gasteiger partial charge on any atom is -0.378 e. The number of fused-ring (bicyclic) bond motifs is 2. The summed E-state index contributed by atoms with van der Waals surface area (Å²) in [6, 6.07) is 19.3. The molecule has 1 saturated heterocycles. The van der Waals surface area contributed by atoms with Crippen LogP contribution in [0.2, 0.25) is 10.0 Å². The molecule has 0 amide bonds. The number of halogens is 2. The summed E-state index contributed by atoms with van der Waals surface area (Å²) in [6.45, 7) is 3.21. The molecular formula is C27H28Cl2N4O3S. The second-order valence-corrected chi connectivity index (χ2v) is 9.50. The number of rotatable bonds is 4. The molecule has 0 radical (unpaired) electrons. The molecule has 3 heterocycles. The number of hydrogen-bond donors (Lipinski definition) is 4. The number of hydrogen-bond acceptors (Lipinski definition) is 6. The Bertz CT molecular complexity index is 1280. The van der Waals surface area contributed by atoms with Gasteiger partial charge in [-0.1, -0.05) is 60.8 Å². The van der Waals surface area contributed by atoms with Gasteiger partial charge in [0.1, 0.15) is 11.6 Å². The van der Waals surface area contributed by atoms with E-state index in [0.29, 0.717) is 27.8 Å². The molecule has 3 aromatic carbocycles. The first-order valence-electron chi connectivity index (χ1n) is 12.0. The van der Waals surface area contributed by atoms with Gasteiger partial charge < -0.3 is 14.7 Å². The highest BCUT2D eigenvalue weighted by molar-refractivity contribution is 7.74. The number of imidazole rings is 2. The van der Waals surface area contributed by atoms with Crippen LogP contribution >= 0.6 is 36.1 Å². The fourth-order valence-corrected chi connectivity index (χ4v) is 4.77. The number of nitrogens with one attached hydrogen (secondary N) is 2. The zero-order valence-electron chi connectivity index (χ0n) is 20.2. The van der Waals surface area contributed by atoms with Crippen molar-refractivity contribution in [2.45, 2.75) is 38.7 Å². The number of thiol groups is 1. The van der Waals surface area contributed by atoms with Crippen LogP contribution in [0.15, 0.2) is 60.7 Å². The van der Waals surface area contributed by atoms with Crippen molar-refractivity contribution in [2.24, 2.45) is 0 Å². The lowest BCUT2D eigenvalue weighted by atomic mass is 10.1. The maximum atomic E-state index is 6.93. The molecule has 1 atom stereocenters. The average Bonchev–Trinajstić information content (AvgIpc) is 3.65. The first kappa shape index (κ1) is 27.4. The normalized spacial score (nSPS) is 14.8. The minimum atomic E-state index is 0.559. The van der Waals surface area contributed by atoms with E-state index < -0.39 is 0 Å². The molecule has 37 heavy (non-hydrogen) atoms. The number of nitrogens with zero attached hydrogens (tertiary/aromatic N) is 2. The average molecular weight is 560 g/mol. The van der Waals surface area contributed by atoms with Crippen LogP contribution in [0.1, 0.15) is 32.6 Å². The van der Waals surface area contributed by atoms with Crippen LogP contribution in [-0.4, -0.2) is 37.9 Å². The summed E-state index contributed by atoms with van der Waals surface area (Å²) >= 11 is 15.9. The van der Waals surface area contributed by atoms with Gasteiger partial charge in [-0.3, -0.25) is 0 Å². The Balaban J connectivity index is 0.000000245. The van der Waals surface area contributed by atoms with E-state index in [1.165, 1.54) is 25.7 Å². The molecule has 0 saturated carbocycles. The van der Waals surface area contributed by atoms with E-state index >= 15 is 0 Å². The summed E-state index contributed by atoms with van der Waals surface area (Å²) in [4.78, 5) is 15.8. The summed E-state index contributed by atoms with van der Waals surface area (Å²) < 4.78 is 8.34. The van der Waals surface area contributed by atoms with E-state index in [2.05, 4.69) is 44.1 Å². The molecule has 1 fully saturated rings. The van der Waals surface area contributed by atoms with Gasteiger partial charge >= 0.3 is 0 Å². The number of ether oxygens (including phenoxy) is 1.